The van der Waals surface area contributed by atoms with Crippen molar-refractivity contribution in [1.82, 2.24) is 9.29 Å². The lowest BCUT2D eigenvalue weighted by atomic mass is 10.0. The molecule has 2 rings (SSSR count). The van der Waals surface area contributed by atoms with E-state index in [9.17, 15) is 0 Å². The van der Waals surface area contributed by atoms with Crippen molar-refractivity contribution in [2.24, 2.45) is 0 Å². The monoisotopic (exact) mass is 308 g/mol. The molecule has 0 fully saturated rings. The molecule has 4 heteroatoms. The molecule has 1 aromatic heterocycles. The highest BCUT2D eigenvalue weighted by atomic mass is 32.2. The van der Waals surface area contributed by atoms with Crippen molar-refractivity contribution in [1.29, 1.82) is 0 Å². The Morgan fingerprint density at radius 3 is 2.65 bits per heavy atom. The highest BCUT2D eigenvalue weighted by Gasteiger charge is 2.26. The Balaban J connectivity index is 2.17. The Morgan fingerprint density at radius 2 is 2.00 bits per heavy atom. The van der Waals surface area contributed by atoms with Crippen LogP contribution >= 0.6 is 23.3 Å². The van der Waals surface area contributed by atoms with Gasteiger partial charge in [-0.1, -0.05) is 32.4 Å². The second-order valence-electron chi connectivity index (χ2n) is 5.66. The van der Waals surface area contributed by atoms with Crippen LogP contribution in [0.3, 0.4) is 0 Å². The number of para-hydroxylation sites is 1. The van der Waals surface area contributed by atoms with Crippen LogP contribution in [0.5, 0.6) is 0 Å². The summed E-state index contributed by atoms with van der Waals surface area (Å²) in [6.07, 6.45) is 3.62. The quantitative estimate of drug-likeness (QED) is 0.620. The molecule has 0 aliphatic rings. The molecule has 2 nitrogen and oxygen atoms in total. The number of nitrogens with zero attached hydrogens (tertiary/aromatic N) is 2. The van der Waals surface area contributed by atoms with Gasteiger partial charge in [-0.25, -0.2) is 9.29 Å². The Labute approximate surface area is 130 Å². The summed E-state index contributed by atoms with van der Waals surface area (Å²) in [5, 5.41) is 0. The summed E-state index contributed by atoms with van der Waals surface area (Å²) in [6.45, 7) is 10.3. The van der Waals surface area contributed by atoms with Gasteiger partial charge in [-0.05, 0) is 50.8 Å². The first-order chi connectivity index (χ1) is 9.56. The minimum atomic E-state index is 0.206. The molecule has 0 spiro atoms. The maximum absolute atomic E-state index is 4.75. The first-order valence-electron chi connectivity index (χ1n) is 7.38. The molecule has 20 heavy (non-hydrogen) atoms. The van der Waals surface area contributed by atoms with Gasteiger partial charge in [0.2, 0.25) is 0 Å². The third kappa shape index (κ3) is 3.74. The fourth-order valence-corrected chi connectivity index (χ4v) is 4.24. The minimum absolute atomic E-state index is 0.206. The van der Waals surface area contributed by atoms with Gasteiger partial charge < -0.3 is 0 Å². The lowest BCUT2D eigenvalue weighted by Gasteiger charge is -2.36. The molecule has 0 atom stereocenters. The number of rotatable bonds is 7. The van der Waals surface area contributed by atoms with E-state index >= 15 is 0 Å². The summed E-state index contributed by atoms with van der Waals surface area (Å²) in [5.74, 6) is 0. The summed E-state index contributed by atoms with van der Waals surface area (Å²) >= 11 is 3.62. The van der Waals surface area contributed by atoms with Crippen LogP contribution in [-0.2, 0) is 0 Å². The standard InChI is InChI=1S/C16H24N2S2/c1-5-7-12-18(16(3,4)6-2)20-15-17-13-10-8-9-11-14(13)19-15/h8-11H,5-7,12H2,1-4H3. The van der Waals surface area contributed by atoms with E-state index in [1.54, 1.807) is 11.3 Å². The molecule has 0 N–H and O–H groups in total. The molecule has 1 heterocycles. The molecule has 0 amide bonds. The predicted molar refractivity (Wildman–Crippen MR) is 91.5 cm³/mol. The summed E-state index contributed by atoms with van der Waals surface area (Å²) in [4.78, 5) is 4.75. The zero-order chi connectivity index (χ0) is 14.6. The topological polar surface area (TPSA) is 16.1 Å². The van der Waals surface area contributed by atoms with Crippen molar-refractivity contribution in [3.8, 4) is 0 Å². The van der Waals surface area contributed by atoms with Crippen molar-refractivity contribution < 1.29 is 0 Å². The van der Waals surface area contributed by atoms with E-state index in [-0.39, 0.29) is 5.54 Å². The summed E-state index contributed by atoms with van der Waals surface area (Å²) in [5.41, 5.74) is 1.32. The molecule has 0 unspecified atom stereocenters. The zero-order valence-electron chi connectivity index (χ0n) is 12.8. The van der Waals surface area contributed by atoms with Gasteiger partial charge in [0.1, 0.15) is 0 Å². The van der Waals surface area contributed by atoms with E-state index < -0.39 is 0 Å². The van der Waals surface area contributed by atoms with E-state index in [1.807, 2.05) is 11.9 Å². The number of hydrogen-bond donors (Lipinski definition) is 0. The van der Waals surface area contributed by atoms with Gasteiger partial charge in [0.25, 0.3) is 0 Å². The normalized spacial score (nSPS) is 12.4. The largest absolute Gasteiger partial charge is 0.239 e. The van der Waals surface area contributed by atoms with Gasteiger partial charge >= 0.3 is 0 Å². The second-order valence-corrected chi connectivity index (χ2v) is 7.96. The van der Waals surface area contributed by atoms with Crippen LogP contribution in [0.4, 0.5) is 0 Å². The zero-order valence-corrected chi connectivity index (χ0v) is 14.5. The predicted octanol–water partition coefficient (Wildman–Crippen LogP) is 5.59. The molecule has 110 valence electrons. The van der Waals surface area contributed by atoms with E-state index in [4.69, 9.17) is 4.98 Å². The fraction of sp³-hybridized carbons (Fsp3) is 0.562. The maximum Gasteiger partial charge on any atom is 0.166 e. The van der Waals surface area contributed by atoms with Gasteiger partial charge in [0.05, 0.1) is 10.2 Å². The van der Waals surface area contributed by atoms with Crippen LogP contribution in [0.25, 0.3) is 10.2 Å². The Kier molecular flexibility index (Phi) is 5.47. The van der Waals surface area contributed by atoms with Gasteiger partial charge in [-0.2, -0.15) is 0 Å². The van der Waals surface area contributed by atoms with Crippen molar-refractivity contribution in [2.45, 2.75) is 56.8 Å². The molecule has 0 saturated heterocycles. The maximum atomic E-state index is 4.75. The summed E-state index contributed by atoms with van der Waals surface area (Å²) < 4.78 is 4.94. The second kappa shape index (κ2) is 6.92. The Morgan fingerprint density at radius 1 is 1.25 bits per heavy atom. The van der Waals surface area contributed by atoms with Crippen LogP contribution < -0.4 is 0 Å². The van der Waals surface area contributed by atoms with Crippen molar-refractivity contribution in [3.63, 3.8) is 0 Å². The lowest BCUT2D eigenvalue weighted by Crippen LogP contribution is -2.39. The van der Waals surface area contributed by atoms with E-state index in [0.29, 0.717) is 0 Å². The molecular formula is C16H24N2S2. The Hall–Kier alpha value is -0.580. The van der Waals surface area contributed by atoms with E-state index in [1.165, 1.54) is 17.5 Å². The van der Waals surface area contributed by atoms with Crippen molar-refractivity contribution >= 4 is 33.5 Å². The van der Waals surface area contributed by atoms with E-state index in [0.717, 1.165) is 22.8 Å². The first kappa shape index (κ1) is 15.8. The number of fused-ring (bicyclic) bond motifs is 1. The molecule has 0 radical (unpaired) electrons. The Bertz CT molecular complexity index is 515. The molecule has 0 saturated carbocycles. The molecular weight excluding hydrogens is 284 g/mol. The minimum Gasteiger partial charge on any atom is -0.239 e. The van der Waals surface area contributed by atoms with Crippen molar-refractivity contribution in [2.75, 3.05) is 6.54 Å². The highest BCUT2D eigenvalue weighted by molar-refractivity contribution is 7.99. The van der Waals surface area contributed by atoms with Crippen LogP contribution in [0.1, 0.15) is 47.0 Å². The molecule has 0 aliphatic carbocycles. The molecule has 0 bridgehead atoms. The lowest BCUT2D eigenvalue weighted by molar-refractivity contribution is 0.238. The third-order valence-corrected chi connectivity index (χ3v) is 6.17. The van der Waals surface area contributed by atoms with Crippen LogP contribution in [0, 0.1) is 0 Å². The number of thiazole rings is 1. The number of benzene rings is 1. The third-order valence-electron chi connectivity index (χ3n) is 3.72. The van der Waals surface area contributed by atoms with Gasteiger partial charge in [-0.15, -0.1) is 11.3 Å². The summed E-state index contributed by atoms with van der Waals surface area (Å²) in [7, 11) is 0. The summed E-state index contributed by atoms with van der Waals surface area (Å²) in [6, 6.07) is 8.39. The average Bonchev–Trinajstić information content (AvgIpc) is 2.85. The van der Waals surface area contributed by atoms with Gasteiger partial charge in [0, 0.05) is 12.1 Å². The fourth-order valence-electron chi connectivity index (χ4n) is 1.93. The van der Waals surface area contributed by atoms with Gasteiger partial charge in [0.15, 0.2) is 4.34 Å². The average molecular weight is 309 g/mol. The highest BCUT2D eigenvalue weighted by Crippen LogP contribution is 2.36. The SMILES string of the molecule is CCCCN(Sc1nc2ccccc2s1)C(C)(C)CC. The molecule has 2 aromatic rings. The number of aromatic nitrogens is 1. The van der Waals surface area contributed by atoms with Gasteiger partial charge in [-0.3, -0.25) is 0 Å². The number of unbranched alkanes of at least 4 members (excludes halogenated alkanes) is 1. The first-order valence-corrected chi connectivity index (χ1v) is 8.97. The van der Waals surface area contributed by atoms with Crippen LogP contribution in [-0.4, -0.2) is 21.4 Å². The number of hydrogen-bond acceptors (Lipinski definition) is 4. The smallest absolute Gasteiger partial charge is 0.166 e. The van der Waals surface area contributed by atoms with Crippen LogP contribution in [0.15, 0.2) is 28.6 Å². The molecule has 1 aromatic carbocycles. The van der Waals surface area contributed by atoms with Crippen molar-refractivity contribution in [3.05, 3.63) is 24.3 Å². The van der Waals surface area contributed by atoms with E-state index in [2.05, 4.69) is 56.3 Å². The van der Waals surface area contributed by atoms with Crippen LogP contribution in [0.2, 0.25) is 0 Å². The molecule has 0 aliphatic heterocycles.